The molecule has 0 radical (unpaired) electrons. The zero-order chi connectivity index (χ0) is 24.5. The second-order valence-corrected chi connectivity index (χ2v) is 8.65. The Kier molecular flexibility index (Phi) is 14.9. The molecule has 2 fully saturated rings. The van der Waals surface area contributed by atoms with E-state index < -0.39 is 11.6 Å². The Morgan fingerprint density at radius 2 is 1.46 bits per heavy atom. The molecule has 2 atom stereocenters. The van der Waals surface area contributed by atoms with Gasteiger partial charge in [-0.3, -0.25) is 0 Å². The van der Waals surface area contributed by atoms with Gasteiger partial charge in [-0.25, -0.2) is 9.97 Å². The van der Waals surface area contributed by atoms with Crippen LogP contribution in [-0.2, 0) is 18.9 Å². The first-order chi connectivity index (χ1) is 15.5. The van der Waals surface area contributed by atoms with E-state index in [4.69, 9.17) is 51.9 Å². The molecule has 0 bridgehead atoms. The number of aliphatic hydroxyl groups is 1. The number of aliphatic hydroxyl groups excluding tert-OH is 1. The SMILES string of the molecule is CC1(C)OC[C@H](CO)O1.CC1(C)OC[C@H](COc2ccnc(N)c2)O1.Nc1cc(Cl)ccn1.S.S. The molecule has 2 aromatic rings. The Morgan fingerprint density at radius 1 is 0.943 bits per heavy atom. The standard InChI is InChI=1S/C11H16N2O3.C6H12O3.C5H5ClN2.2H2S/c1-11(2)15-7-9(16-11)6-14-8-3-4-13-10(12)5-8;1-6(2)8-4-5(3-7)9-6;6-4-1-2-8-5(7)3-4;;/h3-5,9H,6-7H2,1-2H3,(H2,12,13);5,7H,3-4H2,1-2H3;1-3H,(H2,7,8);2*1H2/t9-;5-;;;/m00.../s1. The third-order valence-electron chi connectivity index (χ3n) is 4.27. The van der Waals surface area contributed by atoms with E-state index in [2.05, 4.69) is 9.97 Å². The first-order valence-electron chi connectivity index (χ1n) is 10.4. The summed E-state index contributed by atoms with van der Waals surface area (Å²) in [5.74, 6) is 0.596. The fourth-order valence-electron chi connectivity index (χ4n) is 2.83. The molecule has 0 aliphatic carbocycles. The number of nitrogen functional groups attached to an aromatic ring is 2. The van der Waals surface area contributed by atoms with E-state index >= 15 is 0 Å². The summed E-state index contributed by atoms with van der Waals surface area (Å²) in [4.78, 5) is 7.62. The second-order valence-electron chi connectivity index (χ2n) is 8.21. The third kappa shape index (κ3) is 13.4. The van der Waals surface area contributed by atoms with Crippen LogP contribution < -0.4 is 16.2 Å². The number of pyridine rings is 2. The molecule has 35 heavy (non-hydrogen) atoms. The van der Waals surface area contributed by atoms with Crippen LogP contribution in [0, 0.1) is 0 Å². The lowest BCUT2D eigenvalue weighted by Crippen LogP contribution is -2.25. The van der Waals surface area contributed by atoms with Crippen LogP contribution in [-0.4, -0.2) is 65.3 Å². The molecular formula is C22H37ClN4O6S2. The van der Waals surface area contributed by atoms with Crippen LogP contribution in [0.2, 0.25) is 5.02 Å². The Morgan fingerprint density at radius 3 is 1.83 bits per heavy atom. The molecule has 2 aliphatic heterocycles. The number of rotatable bonds is 4. The Bertz CT molecular complexity index is 864. The maximum absolute atomic E-state index is 8.59. The van der Waals surface area contributed by atoms with Gasteiger partial charge in [0.15, 0.2) is 11.6 Å². The van der Waals surface area contributed by atoms with Crippen molar-refractivity contribution in [2.45, 2.75) is 51.5 Å². The second kappa shape index (κ2) is 15.6. The first kappa shape index (κ1) is 33.5. The van der Waals surface area contributed by atoms with Gasteiger partial charge in [-0.1, -0.05) is 11.6 Å². The summed E-state index contributed by atoms with van der Waals surface area (Å²) in [6, 6.07) is 6.72. The molecule has 0 saturated carbocycles. The lowest BCUT2D eigenvalue weighted by molar-refractivity contribution is -0.142. The van der Waals surface area contributed by atoms with E-state index in [1.54, 1.807) is 36.7 Å². The van der Waals surface area contributed by atoms with Gasteiger partial charge in [0.25, 0.3) is 0 Å². The number of aromatic nitrogens is 2. The van der Waals surface area contributed by atoms with E-state index in [1.807, 2.05) is 27.7 Å². The molecule has 10 nitrogen and oxygen atoms in total. The van der Waals surface area contributed by atoms with Gasteiger partial charge in [-0.05, 0) is 45.9 Å². The highest BCUT2D eigenvalue weighted by atomic mass is 35.5. The summed E-state index contributed by atoms with van der Waals surface area (Å²) in [6.07, 6.45) is 3.02. The number of hydrogen-bond donors (Lipinski definition) is 3. The summed E-state index contributed by atoms with van der Waals surface area (Å²) in [5, 5.41) is 9.22. The van der Waals surface area contributed by atoms with Crippen molar-refractivity contribution >= 4 is 50.2 Å². The minimum absolute atomic E-state index is 0. The highest BCUT2D eigenvalue weighted by molar-refractivity contribution is 7.59. The summed E-state index contributed by atoms with van der Waals surface area (Å²) in [5.41, 5.74) is 10.8. The summed E-state index contributed by atoms with van der Waals surface area (Å²) < 4.78 is 27.0. The van der Waals surface area contributed by atoms with Crippen LogP contribution in [0.4, 0.5) is 11.6 Å². The van der Waals surface area contributed by atoms with Gasteiger partial charge in [0.1, 0.15) is 36.2 Å². The fourth-order valence-corrected chi connectivity index (χ4v) is 2.99. The van der Waals surface area contributed by atoms with Gasteiger partial charge < -0.3 is 40.3 Å². The van der Waals surface area contributed by atoms with E-state index in [1.165, 1.54) is 0 Å². The number of halogens is 1. The molecule has 2 aliphatic rings. The van der Waals surface area contributed by atoms with E-state index in [9.17, 15) is 0 Å². The van der Waals surface area contributed by atoms with Gasteiger partial charge >= 0.3 is 0 Å². The smallest absolute Gasteiger partial charge is 0.163 e. The van der Waals surface area contributed by atoms with Crippen LogP contribution in [0.15, 0.2) is 36.7 Å². The first-order valence-corrected chi connectivity index (χ1v) is 10.8. The summed E-state index contributed by atoms with van der Waals surface area (Å²) >= 11 is 5.52. The largest absolute Gasteiger partial charge is 0.491 e. The maximum atomic E-state index is 8.59. The van der Waals surface area contributed by atoms with Gasteiger partial charge in [-0.15, -0.1) is 0 Å². The Labute approximate surface area is 225 Å². The van der Waals surface area contributed by atoms with Gasteiger partial charge in [0, 0.05) is 23.5 Å². The van der Waals surface area contributed by atoms with Crippen LogP contribution in [0.3, 0.4) is 0 Å². The minimum atomic E-state index is -0.509. The summed E-state index contributed by atoms with van der Waals surface area (Å²) in [7, 11) is 0. The molecule has 2 saturated heterocycles. The molecule has 200 valence electrons. The number of nitrogens with zero attached hydrogens (tertiary/aromatic N) is 2. The molecule has 4 heterocycles. The van der Waals surface area contributed by atoms with Crippen molar-refractivity contribution in [2.24, 2.45) is 0 Å². The average Bonchev–Trinajstić information content (AvgIpc) is 3.27. The molecule has 0 unspecified atom stereocenters. The molecule has 5 N–H and O–H groups in total. The highest BCUT2D eigenvalue weighted by Crippen LogP contribution is 2.23. The number of hydrogen-bond acceptors (Lipinski definition) is 10. The van der Waals surface area contributed by atoms with Gasteiger partial charge in [0.2, 0.25) is 0 Å². The number of ether oxygens (including phenoxy) is 5. The Hall–Kier alpha value is -1.51. The van der Waals surface area contributed by atoms with Crippen LogP contribution in [0.5, 0.6) is 5.75 Å². The lowest BCUT2D eigenvalue weighted by Gasteiger charge is -2.17. The van der Waals surface area contributed by atoms with Crippen molar-refractivity contribution in [1.82, 2.24) is 9.97 Å². The molecule has 2 aromatic heterocycles. The molecule has 13 heteroatoms. The average molecular weight is 553 g/mol. The predicted octanol–water partition coefficient (Wildman–Crippen LogP) is 2.87. The quantitative estimate of drug-likeness (QED) is 0.517. The minimum Gasteiger partial charge on any atom is -0.491 e. The molecular weight excluding hydrogens is 516 g/mol. The number of nitrogens with two attached hydrogens (primary N) is 2. The highest BCUT2D eigenvalue weighted by Gasteiger charge is 2.33. The van der Waals surface area contributed by atoms with Crippen LogP contribution >= 0.6 is 38.6 Å². The molecule has 0 spiro atoms. The normalized spacial score (nSPS) is 21.2. The molecule has 4 rings (SSSR count). The van der Waals surface area contributed by atoms with Crippen LogP contribution in [0.1, 0.15) is 27.7 Å². The van der Waals surface area contributed by atoms with Crippen LogP contribution in [0.25, 0.3) is 0 Å². The van der Waals surface area contributed by atoms with Crippen molar-refractivity contribution in [3.8, 4) is 5.75 Å². The van der Waals surface area contributed by atoms with Crippen molar-refractivity contribution in [2.75, 3.05) is 37.9 Å². The van der Waals surface area contributed by atoms with Gasteiger partial charge in [-0.2, -0.15) is 27.0 Å². The van der Waals surface area contributed by atoms with Crippen molar-refractivity contribution < 1.29 is 28.8 Å². The van der Waals surface area contributed by atoms with E-state index in [0.29, 0.717) is 42.2 Å². The predicted molar refractivity (Wildman–Crippen MR) is 145 cm³/mol. The zero-order valence-corrected chi connectivity index (χ0v) is 23.1. The molecule has 0 amide bonds. The zero-order valence-electron chi connectivity index (χ0n) is 20.4. The van der Waals surface area contributed by atoms with Crippen molar-refractivity contribution in [3.05, 3.63) is 41.7 Å². The third-order valence-corrected chi connectivity index (χ3v) is 4.50. The topological polar surface area (TPSA) is 144 Å². The van der Waals surface area contributed by atoms with E-state index in [-0.39, 0.29) is 45.8 Å². The van der Waals surface area contributed by atoms with Gasteiger partial charge in [0.05, 0.1) is 19.8 Å². The lowest BCUT2D eigenvalue weighted by atomic mass is 10.4. The van der Waals surface area contributed by atoms with Crippen molar-refractivity contribution in [3.63, 3.8) is 0 Å². The summed E-state index contributed by atoms with van der Waals surface area (Å²) in [6.45, 7) is 8.99. The van der Waals surface area contributed by atoms with E-state index in [0.717, 1.165) is 0 Å². The fraction of sp³-hybridized carbons (Fsp3) is 0.545. The molecule has 0 aromatic carbocycles. The monoisotopic (exact) mass is 552 g/mol. The van der Waals surface area contributed by atoms with Crippen molar-refractivity contribution in [1.29, 1.82) is 0 Å². The Balaban J connectivity index is 0.000000523. The number of anilines is 2. The maximum Gasteiger partial charge on any atom is 0.163 e.